The molecule has 0 radical (unpaired) electrons. The Morgan fingerprint density at radius 1 is 1.46 bits per heavy atom. The SMILES string of the molecule is C=C1NC(C)=C(F)C(C(C)C)=C1N. The van der Waals surface area contributed by atoms with E-state index in [1.807, 2.05) is 13.8 Å². The largest absolute Gasteiger partial charge is 0.397 e. The molecule has 0 amide bonds. The van der Waals surface area contributed by atoms with E-state index >= 15 is 0 Å². The minimum absolute atomic E-state index is 0.0776. The summed E-state index contributed by atoms with van der Waals surface area (Å²) in [7, 11) is 0. The van der Waals surface area contributed by atoms with E-state index in [9.17, 15) is 4.39 Å². The summed E-state index contributed by atoms with van der Waals surface area (Å²) in [5, 5.41) is 2.79. The van der Waals surface area contributed by atoms with Crippen LogP contribution in [0.25, 0.3) is 0 Å². The molecular weight excluding hydrogens is 167 g/mol. The highest BCUT2D eigenvalue weighted by atomic mass is 19.1. The van der Waals surface area contributed by atoms with Crippen LogP contribution in [0.3, 0.4) is 0 Å². The monoisotopic (exact) mass is 182 g/mol. The molecule has 0 saturated carbocycles. The van der Waals surface area contributed by atoms with Gasteiger partial charge in [0.05, 0.1) is 11.4 Å². The van der Waals surface area contributed by atoms with Gasteiger partial charge in [-0.3, -0.25) is 0 Å². The zero-order chi connectivity index (χ0) is 10.2. The van der Waals surface area contributed by atoms with Gasteiger partial charge in [0.25, 0.3) is 0 Å². The molecule has 1 heterocycles. The third-order valence-corrected chi connectivity index (χ3v) is 2.10. The number of allylic oxidation sites excluding steroid dienone is 3. The maximum absolute atomic E-state index is 13.6. The molecule has 1 aliphatic rings. The molecule has 3 heteroatoms. The van der Waals surface area contributed by atoms with Crippen LogP contribution in [0.2, 0.25) is 0 Å². The molecule has 3 N–H and O–H groups in total. The van der Waals surface area contributed by atoms with Crippen LogP contribution in [0.15, 0.2) is 35.1 Å². The summed E-state index contributed by atoms with van der Waals surface area (Å²) in [6.07, 6.45) is 0. The van der Waals surface area contributed by atoms with E-state index in [0.29, 0.717) is 22.7 Å². The molecule has 1 rings (SSSR count). The summed E-state index contributed by atoms with van der Waals surface area (Å²) in [5.74, 6) is -0.173. The Hall–Kier alpha value is -1.25. The van der Waals surface area contributed by atoms with Gasteiger partial charge in [0.1, 0.15) is 5.83 Å². The van der Waals surface area contributed by atoms with Crippen LogP contribution in [0.5, 0.6) is 0 Å². The third-order valence-electron chi connectivity index (χ3n) is 2.10. The lowest BCUT2D eigenvalue weighted by Crippen LogP contribution is -2.25. The van der Waals surface area contributed by atoms with Crippen molar-refractivity contribution >= 4 is 0 Å². The van der Waals surface area contributed by atoms with Crippen molar-refractivity contribution in [3.8, 4) is 0 Å². The topological polar surface area (TPSA) is 38.0 Å². The molecule has 2 nitrogen and oxygen atoms in total. The van der Waals surface area contributed by atoms with E-state index in [2.05, 4.69) is 11.9 Å². The number of nitrogens with two attached hydrogens (primary N) is 1. The summed E-state index contributed by atoms with van der Waals surface area (Å²) in [6.45, 7) is 9.21. The van der Waals surface area contributed by atoms with E-state index < -0.39 is 0 Å². The fourth-order valence-corrected chi connectivity index (χ4v) is 1.40. The molecule has 0 aliphatic carbocycles. The molecule has 0 fully saturated rings. The van der Waals surface area contributed by atoms with Gasteiger partial charge in [-0.15, -0.1) is 0 Å². The van der Waals surface area contributed by atoms with Crippen molar-refractivity contribution in [3.63, 3.8) is 0 Å². The molecule has 0 aromatic carbocycles. The van der Waals surface area contributed by atoms with Crippen molar-refractivity contribution in [3.05, 3.63) is 35.1 Å². The lowest BCUT2D eigenvalue weighted by Gasteiger charge is -2.23. The molecule has 0 bridgehead atoms. The second kappa shape index (κ2) is 3.24. The Morgan fingerprint density at radius 2 is 2.00 bits per heavy atom. The van der Waals surface area contributed by atoms with Gasteiger partial charge < -0.3 is 11.1 Å². The van der Waals surface area contributed by atoms with Crippen molar-refractivity contribution < 1.29 is 4.39 Å². The van der Waals surface area contributed by atoms with Gasteiger partial charge in [0, 0.05) is 11.3 Å². The van der Waals surface area contributed by atoms with E-state index in [1.54, 1.807) is 6.92 Å². The van der Waals surface area contributed by atoms with Crippen LogP contribution >= 0.6 is 0 Å². The average molecular weight is 182 g/mol. The van der Waals surface area contributed by atoms with Crippen molar-refractivity contribution in [1.82, 2.24) is 5.32 Å². The number of dihydropyridines is 1. The number of hydrogen-bond donors (Lipinski definition) is 2. The van der Waals surface area contributed by atoms with Gasteiger partial charge >= 0.3 is 0 Å². The zero-order valence-electron chi connectivity index (χ0n) is 8.24. The van der Waals surface area contributed by atoms with Crippen molar-refractivity contribution in [2.24, 2.45) is 11.7 Å². The maximum atomic E-state index is 13.6. The van der Waals surface area contributed by atoms with Crippen molar-refractivity contribution in [1.29, 1.82) is 0 Å². The van der Waals surface area contributed by atoms with Crippen LogP contribution < -0.4 is 11.1 Å². The second-order valence-electron chi connectivity index (χ2n) is 3.52. The maximum Gasteiger partial charge on any atom is 0.147 e. The van der Waals surface area contributed by atoms with Crippen LogP contribution in [-0.4, -0.2) is 0 Å². The molecule has 0 unspecified atom stereocenters. The number of nitrogens with one attached hydrogen (secondary N) is 1. The first-order chi connectivity index (χ1) is 5.95. The number of rotatable bonds is 1. The number of hydrogen-bond acceptors (Lipinski definition) is 2. The fourth-order valence-electron chi connectivity index (χ4n) is 1.40. The van der Waals surface area contributed by atoms with Gasteiger partial charge in [0.2, 0.25) is 0 Å². The summed E-state index contributed by atoms with van der Waals surface area (Å²) in [6, 6.07) is 0. The van der Waals surface area contributed by atoms with Gasteiger partial charge in [-0.25, -0.2) is 4.39 Å². The highest BCUT2D eigenvalue weighted by Gasteiger charge is 2.22. The molecule has 0 spiro atoms. The minimum Gasteiger partial charge on any atom is -0.397 e. The Balaban J connectivity index is 3.24. The quantitative estimate of drug-likeness (QED) is 0.652. The summed E-state index contributed by atoms with van der Waals surface area (Å²) < 4.78 is 13.6. The average Bonchev–Trinajstić information content (AvgIpc) is 2.01. The molecule has 72 valence electrons. The first kappa shape index (κ1) is 9.84. The standard InChI is InChI=1S/C10H15FN2/c1-5(2)8-9(11)6(3)13-7(4)10(8)12/h5,13H,4,12H2,1-3H3. The van der Waals surface area contributed by atoms with E-state index in [0.717, 1.165) is 0 Å². The predicted octanol–water partition coefficient (Wildman–Crippen LogP) is 2.17. The molecule has 0 aromatic rings. The molecule has 1 aliphatic heterocycles. The van der Waals surface area contributed by atoms with Crippen molar-refractivity contribution in [2.45, 2.75) is 20.8 Å². The van der Waals surface area contributed by atoms with Gasteiger partial charge in [-0.1, -0.05) is 20.4 Å². The normalized spacial score (nSPS) is 18.4. The summed E-state index contributed by atoms with van der Waals surface area (Å²) in [5.41, 5.74) is 7.78. The fraction of sp³-hybridized carbons (Fsp3) is 0.400. The van der Waals surface area contributed by atoms with Gasteiger partial charge in [0.15, 0.2) is 0 Å². The minimum atomic E-state index is -0.250. The Bertz CT molecular complexity index is 311. The highest BCUT2D eigenvalue weighted by molar-refractivity contribution is 5.46. The predicted molar refractivity (Wildman–Crippen MR) is 52.1 cm³/mol. The Labute approximate surface area is 78.0 Å². The lowest BCUT2D eigenvalue weighted by molar-refractivity contribution is 0.573. The van der Waals surface area contributed by atoms with Crippen molar-refractivity contribution in [2.75, 3.05) is 0 Å². The zero-order valence-corrected chi connectivity index (χ0v) is 8.24. The summed E-state index contributed by atoms with van der Waals surface area (Å²) >= 11 is 0. The first-order valence-corrected chi connectivity index (χ1v) is 4.27. The molecule has 0 atom stereocenters. The Kier molecular flexibility index (Phi) is 2.45. The van der Waals surface area contributed by atoms with Gasteiger partial charge in [-0.05, 0) is 12.8 Å². The Morgan fingerprint density at radius 3 is 2.46 bits per heavy atom. The van der Waals surface area contributed by atoms with Gasteiger partial charge in [-0.2, -0.15) is 0 Å². The first-order valence-electron chi connectivity index (χ1n) is 4.27. The molecule has 0 saturated heterocycles. The van der Waals surface area contributed by atoms with E-state index in [-0.39, 0.29) is 11.7 Å². The third kappa shape index (κ3) is 1.59. The van der Waals surface area contributed by atoms with E-state index in [1.165, 1.54) is 0 Å². The van der Waals surface area contributed by atoms with E-state index in [4.69, 9.17) is 5.73 Å². The second-order valence-corrected chi connectivity index (χ2v) is 3.52. The lowest BCUT2D eigenvalue weighted by atomic mass is 9.95. The summed E-state index contributed by atoms with van der Waals surface area (Å²) in [4.78, 5) is 0. The molecule has 13 heavy (non-hydrogen) atoms. The molecular formula is C10H15FN2. The van der Waals surface area contributed by atoms with Crippen LogP contribution in [-0.2, 0) is 0 Å². The van der Waals surface area contributed by atoms with Crippen LogP contribution in [0, 0.1) is 5.92 Å². The molecule has 0 aromatic heterocycles. The van der Waals surface area contributed by atoms with Crippen LogP contribution in [0.1, 0.15) is 20.8 Å². The van der Waals surface area contributed by atoms with Crippen LogP contribution in [0.4, 0.5) is 4.39 Å². The number of halogens is 1. The smallest absolute Gasteiger partial charge is 0.147 e. The highest BCUT2D eigenvalue weighted by Crippen LogP contribution is 2.30.